The molecule has 1 aliphatic heterocycles. The van der Waals surface area contributed by atoms with Gasteiger partial charge in [-0.2, -0.15) is 0 Å². The number of likely N-dealkylation sites (N-methyl/N-ethyl adjacent to an activating group) is 1. The molecule has 0 aromatic heterocycles. The van der Waals surface area contributed by atoms with Crippen LogP contribution in [-0.4, -0.2) is 42.5 Å². The van der Waals surface area contributed by atoms with Crippen molar-refractivity contribution in [2.75, 3.05) is 19.6 Å². The molecule has 0 aliphatic carbocycles. The van der Waals surface area contributed by atoms with Crippen LogP contribution in [0, 0.1) is 0 Å². The van der Waals surface area contributed by atoms with E-state index in [1.807, 2.05) is 88.4 Å². The molecule has 0 spiro atoms. The van der Waals surface area contributed by atoms with E-state index in [0.717, 1.165) is 40.3 Å². The molecule has 0 saturated carbocycles. The second-order valence-corrected chi connectivity index (χ2v) is 8.44. The zero-order chi connectivity index (χ0) is 22.4. The predicted octanol–water partition coefficient (Wildman–Crippen LogP) is 5.63. The molecule has 2 aromatic carbocycles. The summed E-state index contributed by atoms with van der Waals surface area (Å²) in [7, 11) is 0. The lowest BCUT2D eigenvalue weighted by Crippen LogP contribution is -2.37. The van der Waals surface area contributed by atoms with Gasteiger partial charge in [-0.3, -0.25) is 9.69 Å². The van der Waals surface area contributed by atoms with Crippen molar-refractivity contribution in [1.29, 1.82) is 0 Å². The molecule has 1 heterocycles. The minimum atomic E-state index is 0.120. The van der Waals surface area contributed by atoms with E-state index >= 15 is 0 Å². The van der Waals surface area contributed by atoms with E-state index < -0.39 is 0 Å². The number of Topliss-reactive ketones (excluding diaryl/α,β-unsaturated/α-hetero) is 1. The van der Waals surface area contributed by atoms with Crippen LogP contribution in [0.1, 0.15) is 45.7 Å². The summed E-state index contributed by atoms with van der Waals surface area (Å²) < 4.78 is 11.4. The summed E-state index contributed by atoms with van der Waals surface area (Å²) >= 11 is 0. The number of carbonyl (C=O) groups excluding carboxylic acids is 1. The first kappa shape index (κ1) is 22.8. The molecule has 0 radical (unpaired) electrons. The van der Waals surface area contributed by atoms with Gasteiger partial charge >= 0.3 is 0 Å². The number of ether oxygens (including phenoxy) is 2. The molecule has 0 unspecified atom stereocenters. The summed E-state index contributed by atoms with van der Waals surface area (Å²) in [4.78, 5) is 15.5. The summed E-state index contributed by atoms with van der Waals surface area (Å²) in [5, 5.41) is 0. The number of rotatable bonds is 7. The highest BCUT2D eigenvalue weighted by Crippen LogP contribution is 2.24. The number of piperidine rings is 1. The third-order valence-electron chi connectivity index (χ3n) is 5.00. The first-order valence-corrected chi connectivity index (χ1v) is 11.1. The third-order valence-corrected chi connectivity index (χ3v) is 5.00. The van der Waals surface area contributed by atoms with Gasteiger partial charge in [-0.25, -0.2) is 0 Å². The third kappa shape index (κ3) is 6.56. The van der Waals surface area contributed by atoms with Gasteiger partial charge < -0.3 is 9.47 Å². The van der Waals surface area contributed by atoms with Crippen LogP contribution in [0.4, 0.5) is 0 Å². The van der Waals surface area contributed by atoms with Crippen molar-refractivity contribution in [1.82, 2.24) is 4.90 Å². The van der Waals surface area contributed by atoms with Gasteiger partial charge in [0.05, 0.1) is 12.2 Å². The molecule has 4 heteroatoms. The summed E-state index contributed by atoms with van der Waals surface area (Å²) in [5.74, 6) is 1.80. The molecule has 2 aromatic rings. The van der Waals surface area contributed by atoms with Gasteiger partial charge in [0.2, 0.25) is 0 Å². The van der Waals surface area contributed by atoms with Crippen LogP contribution in [-0.2, 0) is 4.79 Å². The number of hydrogen-bond donors (Lipinski definition) is 0. The highest BCUT2D eigenvalue weighted by molar-refractivity contribution is 6.14. The molecule has 0 N–H and O–H groups in total. The minimum Gasteiger partial charge on any atom is -0.491 e. The first-order valence-electron chi connectivity index (χ1n) is 11.1. The molecule has 31 heavy (non-hydrogen) atoms. The molecule has 1 fully saturated rings. The van der Waals surface area contributed by atoms with Gasteiger partial charge in [-0.05, 0) is 81.8 Å². The fraction of sp³-hybridized carbons (Fsp3) is 0.370. The Morgan fingerprint density at radius 2 is 1.16 bits per heavy atom. The Kier molecular flexibility index (Phi) is 7.69. The van der Waals surface area contributed by atoms with E-state index in [-0.39, 0.29) is 18.0 Å². The molecule has 0 amide bonds. The SMILES string of the molecule is CCN1C/C(=C\c2ccc(OC(C)C)cc2)C(=O)/C(=C/c2ccc(OC(C)C)cc2)C1. The first-order chi connectivity index (χ1) is 14.8. The van der Waals surface area contributed by atoms with Gasteiger partial charge in [0.1, 0.15) is 11.5 Å². The topological polar surface area (TPSA) is 38.8 Å². The molecule has 1 saturated heterocycles. The van der Waals surface area contributed by atoms with Crippen LogP contribution in [0.25, 0.3) is 12.2 Å². The maximum atomic E-state index is 13.2. The number of benzene rings is 2. The van der Waals surface area contributed by atoms with E-state index in [1.54, 1.807) is 0 Å². The summed E-state index contributed by atoms with van der Waals surface area (Å²) in [6, 6.07) is 15.8. The van der Waals surface area contributed by atoms with Gasteiger partial charge in [0.15, 0.2) is 5.78 Å². The van der Waals surface area contributed by atoms with E-state index in [0.29, 0.717) is 13.1 Å². The number of carbonyl (C=O) groups is 1. The summed E-state index contributed by atoms with van der Waals surface area (Å²) in [6.07, 6.45) is 4.27. The zero-order valence-electron chi connectivity index (χ0n) is 19.2. The van der Waals surface area contributed by atoms with Crippen molar-refractivity contribution in [3.05, 3.63) is 70.8 Å². The standard InChI is InChI=1S/C27H33NO3/c1-6-28-17-23(15-21-7-11-25(12-8-21)30-19(2)3)27(29)24(18-28)16-22-9-13-26(14-10-22)31-20(4)5/h7-16,19-20H,6,17-18H2,1-5H3/b23-15+,24-16+. The van der Waals surface area contributed by atoms with E-state index in [9.17, 15) is 4.79 Å². The van der Waals surface area contributed by atoms with Crippen molar-refractivity contribution in [3.63, 3.8) is 0 Å². The van der Waals surface area contributed by atoms with Crippen LogP contribution >= 0.6 is 0 Å². The Labute approximate surface area is 186 Å². The number of nitrogens with zero attached hydrogens (tertiary/aromatic N) is 1. The number of likely N-dealkylation sites (tertiary alicyclic amines) is 1. The molecule has 4 nitrogen and oxygen atoms in total. The molecule has 1 aliphatic rings. The van der Waals surface area contributed by atoms with Crippen molar-refractivity contribution in [2.45, 2.75) is 46.8 Å². The second-order valence-electron chi connectivity index (χ2n) is 8.44. The zero-order valence-corrected chi connectivity index (χ0v) is 19.2. The van der Waals surface area contributed by atoms with Crippen LogP contribution in [0.5, 0.6) is 11.5 Å². The maximum Gasteiger partial charge on any atom is 0.187 e. The molecule has 164 valence electrons. The number of hydrogen-bond acceptors (Lipinski definition) is 4. The fourth-order valence-electron chi connectivity index (χ4n) is 3.57. The predicted molar refractivity (Wildman–Crippen MR) is 127 cm³/mol. The van der Waals surface area contributed by atoms with Crippen LogP contribution < -0.4 is 9.47 Å². The van der Waals surface area contributed by atoms with Crippen molar-refractivity contribution >= 4 is 17.9 Å². The van der Waals surface area contributed by atoms with Crippen LogP contribution in [0.15, 0.2) is 59.7 Å². The summed E-state index contributed by atoms with van der Waals surface area (Å²) in [6.45, 7) is 12.4. The Morgan fingerprint density at radius 3 is 1.48 bits per heavy atom. The van der Waals surface area contributed by atoms with Crippen LogP contribution in [0.3, 0.4) is 0 Å². The molecule has 0 atom stereocenters. The lowest BCUT2D eigenvalue weighted by molar-refractivity contribution is -0.113. The van der Waals surface area contributed by atoms with Crippen LogP contribution in [0.2, 0.25) is 0 Å². The lowest BCUT2D eigenvalue weighted by Gasteiger charge is -2.28. The Hall–Kier alpha value is -2.85. The van der Waals surface area contributed by atoms with Gasteiger partial charge in [-0.15, -0.1) is 0 Å². The van der Waals surface area contributed by atoms with Crippen molar-refractivity contribution in [2.24, 2.45) is 0 Å². The number of ketones is 1. The Balaban J connectivity index is 1.82. The van der Waals surface area contributed by atoms with E-state index in [1.165, 1.54) is 0 Å². The van der Waals surface area contributed by atoms with Crippen molar-refractivity contribution < 1.29 is 14.3 Å². The van der Waals surface area contributed by atoms with Crippen molar-refractivity contribution in [3.8, 4) is 11.5 Å². The largest absolute Gasteiger partial charge is 0.491 e. The summed E-state index contributed by atoms with van der Waals surface area (Å²) in [5.41, 5.74) is 3.65. The maximum absolute atomic E-state index is 13.2. The highest BCUT2D eigenvalue weighted by Gasteiger charge is 2.25. The smallest absolute Gasteiger partial charge is 0.187 e. The monoisotopic (exact) mass is 419 g/mol. The quantitative estimate of drug-likeness (QED) is 0.545. The molecular weight excluding hydrogens is 386 g/mol. The fourth-order valence-corrected chi connectivity index (χ4v) is 3.57. The Bertz CT molecular complexity index is 862. The highest BCUT2D eigenvalue weighted by atomic mass is 16.5. The van der Waals surface area contributed by atoms with Gasteiger partial charge in [-0.1, -0.05) is 31.2 Å². The van der Waals surface area contributed by atoms with Gasteiger partial charge in [0, 0.05) is 24.2 Å². The van der Waals surface area contributed by atoms with Gasteiger partial charge in [0.25, 0.3) is 0 Å². The average molecular weight is 420 g/mol. The normalized spacial score (nSPS) is 17.7. The Morgan fingerprint density at radius 1 is 0.774 bits per heavy atom. The minimum absolute atomic E-state index is 0.120. The second kappa shape index (κ2) is 10.5. The average Bonchev–Trinajstić information content (AvgIpc) is 2.73. The lowest BCUT2D eigenvalue weighted by atomic mass is 9.94. The molecular formula is C27H33NO3. The van der Waals surface area contributed by atoms with E-state index in [2.05, 4.69) is 11.8 Å². The van der Waals surface area contributed by atoms with E-state index in [4.69, 9.17) is 9.47 Å². The molecule has 0 bridgehead atoms. The molecule has 3 rings (SSSR count).